The highest BCUT2D eigenvalue weighted by Crippen LogP contribution is 2.64. The van der Waals surface area contributed by atoms with Crippen LogP contribution >= 0.6 is 0 Å². The molecular formula is C20H30O. The van der Waals surface area contributed by atoms with Crippen LogP contribution in [0.5, 0.6) is 0 Å². The van der Waals surface area contributed by atoms with Gasteiger partial charge in [0.2, 0.25) is 0 Å². The van der Waals surface area contributed by atoms with Gasteiger partial charge in [-0.2, -0.15) is 0 Å². The lowest BCUT2D eigenvalue weighted by Crippen LogP contribution is -2.50. The minimum atomic E-state index is 0.0424. The van der Waals surface area contributed by atoms with Gasteiger partial charge in [0.15, 0.2) is 0 Å². The van der Waals surface area contributed by atoms with Crippen molar-refractivity contribution in [2.75, 3.05) is 0 Å². The number of hydrogen-bond donors (Lipinski definition) is 0. The fourth-order valence-electron chi connectivity index (χ4n) is 6.67. The summed E-state index contributed by atoms with van der Waals surface area (Å²) in [5.41, 5.74) is 2.28. The molecule has 0 bridgehead atoms. The monoisotopic (exact) mass is 286 g/mol. The van der Waals surface area contributed by atoms with Gasteiger partial charge in [-0.1, -0.05) is 32.4 Å². The first kappa shape index (κ1) is 14.0. The Hall–Kier alpha value is -0.590. The molecule has 0 aromatic rings. The van der Waals surface area contributed by atoms with E-state index in [9.17, 15) is 4.79 Å². The molecule has 4 aliphatic rings. The molecule has 0 aliphatic heterocycles. The Labute approximate surface area is 129 Å². The summed E-state index contributed by atoms with van der Waals surface area (Å²) in [4.78, 5) is 12.4. The van der Waals surface area contributed by atoms with Crippen LogP contribution in [0.1, 0.15) is 72.1 Å². The van der Waals surface area contributed by atoms with Crippen LogP contribution < -0.4 is 0 Å². The molecule has 1 nitrogen and oxygen atoms in total. The molecule has 6 unspecified atom stereocenters. The molecule has 21 heavy (non-hydrogen) atoms. The van der Waals surface area contributed by atoms with E-state index in [1.54, 1.807) is 5.57 Å². The minimum absolute atomic E-state index is 0.0424. The maximum atomic E-state index is 12.4. The molecule has 0 amide bonds. The van der Waals surface area contributed by atoms with E-state index in [-0.39, 0.29) is 5.41 Å². The van der Waals surface area contributed by atoms with Crippen LogP contribution in [-0.4, -0.2) is 5.78 Å². The number of hydrogen-bond acceptors (Lipinski definition) is 1. The lowest BCUT2D eigenvalue weighted by atomic mass is 9.47. The van der Waals surface area contributed by atoms with E-state index >= 15 is 0 Å². The van der Waals surface area contributed by atoms with Gasteiger partial charge in [-0.05, 0) is 74.0 Å². The number of allylic oxidation sites excluding steroid dienone is 2. The van der Waals surface area contributed by atoms with E-state index in [1.807, 2.05) is 0 Å². The van der Waals surface area contributed by atoms with E-state index in [0.29, 0.717) is 17.1 Å². The number of rotatable bonds is 0. The van der Waals surface area contributed by atoms with Crippen molar-refractivity contribution in [2.24, 2.45) is 34.5 Å². The van der Waals surface area contributed by atoms with Gasteiger partial charge in [0.05, 0.1) is 0 Å². The maximum Gasteiger partial charge on any atom is 0.139 e. The number of ketones is 1. The highest BCUT2D eigenvalue weighted by molar-refractivity contribution is 5.87. The van der Waals surface area contributed by atoms with Gasteiger partial charge in [0.25, 0.3) is 0 Å². The van der Waals surface area contributed by atoms with Crippen LogP contribution in [0.3, 0.4) is 0 Å². The molecule has 116 valence electrons. The molecule has 0 aromatic heterocycles. The fraction of sp³-hybridized carbons (Fsp3) is 0.850. The van der Waals surface area contributed by atoms with Crippen LogP contribution in [0, 0.1) is 34.5 Å². The molecule has 1 heteroatoms. The first-order valence-electron chi connectivity index (χ1n) is 9.19. The molecule has 0 N–H and O–H groups in total. The number of carbonyl (C=O) groups excluding carboxylic acids is 1. The van der Waals surface area contributed by atoms with Crippen molar-refractivity contribution in [3.8, 4) is 0 Å². The normalized spacial score (nSPS) is 52.7. The highest BCUT2D eigenvalue weighted by atomic mass is 16.1. The number of carbonyl (C=O) groups is 1. The first-order chi connectivity index (χ1) is 9.95. The maximum absolute atomic E-state index is 12.4. The van der Waals surface area contributed by atoms with E-state index < -0.39 is 0 Å². The molecular weight excluding hydrogens is 256 g/mol. The Kier molecular flexibility index (Phi) is 2.98. The summed E-state index contributed by atoms with van der Waals surface area (Å²) in [6.45, 7) is 7.23. The Morgan fingerprint density at radius 3 is 2.48 bits per heavy atom. The van der Waals surface area contributed by atoms with Gasteiger partial charge in [-0.15, -0.1) is 0 Å². The van der Waals surface area contributed by atoms with Crippen molar-refractivity contribution in [3.05, 3.63) is 11.6 Å². The van der Waals surface area contributed by atoms with Gasteiger partial charge < -0.3 is 0 Å². The second-order valence-electron chi connectivity index (χ2n) is 8.96. The second kappa shape index (κ2) is 4.46. The van der Waals surface area contributed by atoms with Crippen molar-refractivity contribution in [1.82, 2.24) is 0 Å². The van der Waals surface area contributed by atoms with Crippen LogP contribution in [0.25, 0.3) is 0 Å². The van der Waals surface area contributed by atoms with Crippen molar-refractivity contribution >= 4 is 5.78 Å². The summed E-state index contributed by atoms with van der Waals surface area (Å²) in [5.74, 6) is 3.74. The highest BCUT2D eigenvalue weighted by Gasteiger charge is 2.58. The third-order valence-electron chi connectivity index (χ3n) is 8.05. The van der Waals surface area contributed by atoms with Gasteiger partial charge >= 0.3 is 0 Å². The molecule has 0 radical (unpaired) electrons. The smallest absolute Gasteiger partial charge is 0.139 e. The summed E-state index contributed by atoms with van der Waals surface area (Å²) in [7, 11) is 0. The Morgan fingerprint density at radius 2 is 1.67 bits per heavy atom. The SMILES string of the molecule is CC1C=C2CCC3C4CCC(=O)C4(C)CCC3C2(C)CC1. The summed E-state index contributed by atoms with van der Waals surface area (Å²) in [6, 6.07) is 0. The molecule has 3 fully saturated rings. The summed E-state index contributed by atoms with van der Waals surface area (Å²) in [5, 5.41) is 0. The quantitative estimate of drug-likeness (QED) is 0.562. The van der Waals surface area contributed by atoms with Gasteiger partial charge in [0, 0.05) is 11.8 Å². The zero-order valence-electron chi connectivity index (χ0n) is 14.0. The molecule has 0 spiro atoms. The Morgan fingerprint density at radius 1 is 0.952 bits per heavy atom. The standard InChI is InChI=1S/C20H30O/c1-13-8-10-19(2)14(12-13)4-5-15-16-6-7-18(21)20(16,3)11-9-17(15)19/h12-13,15-17H,4-11H2,1-3H3. The van der Waals surface area contributed by atoms with Gasteiger partial charge in [-0.3, -0.25) is 4.79 Å². The van der Waals surface area contributed by atoms with Crippen LogP contribution in [0.2, 0.25) is 0 Å². The third-order valence-corrected chi connectivity index (χ3v) is 8.05. The van der Waals surface area contributed by atoms with E-state index in [4.69, 9.17) is 0 Å². The van der Waals surface area contributed by atoms with Crippen molar-refractivity contribution in [1.29, 1.82) is 0 Å². The first-order valence-corrected chi connectivity index (χ1v) is 9.19. The summed E-state index contributed by atoms with van der Waals surface area (Å²) >= 11 is 0. The van der Waals surface area contributed by atoms with Crippen molar-refractivity contribution in [3.63, 3.8) is 0 Å². The topological polar surface area (TPSA) is 17.1 Å². The largest absolute Gasteiger partial charge is 0.299 e. The van der Waals surface area contributed by atoms with E-state index in [1.165, 1.54) is 38.5 Å². The van der Waals surface area contributed by atoms with E-state index in [0.717, 1.165) is 30.6 Å². The fourth-order valence-corrected chi connectivity index (χ4v) is 6.67. The molecule has 0 saturated heterocycles. The zero-order chi connectivity index (χ0) is 14.8. The zero-order valence-corrected chi connectivity index (χ0v) is 14.0. The molecule has 3 saturated carbocycles. The minimum Gasteiger partial charge on any atom is -0.299 e. The molecule has 6 atom stereocenters. The Balaban J connectivity index is 1.69. The lowest BCUT2D eigenvalue weighted by molar-refractivity contribution is -0.132. The number of Topliss-reactive ketones (excluding diaryl/α,β-unsaturated/α-hetero) is 1. The van der Waals surface area contributed by atoms with Crippen molar-refractivity contribution in [2.45, 2.75) is 72.1 Å². The van der Waals surface area contributed by atoms with Crippen molar-refractivity contribution < 1.29 is 4.79 Å². The van der Waals surface area contributed by atoms with Gasteiger partial charge in [-0.25, -0.2) is 0 Å². The predicted octanol–water partition coefficient (Wildman–Crippen LogP) is 5.15. The molecule has 4 rings (SSSR count). The molecule has 4 aliphatic carbocycles. The third kappa shape index (κ3) is 1.79. The molecule has 0 heterocycles. The van der Waals surface area contributed by atoms with Crippen LogP contribution in [0.4, 0.5) is 0 Å². The summed E-state index contributed by atoms with van der Waals surface area (Å²) < 4.78 is 0. The predicted molar refractivity (Wildman–Crippen MR) is 85.9 cm³/mol. The average Bonchev–Trinajstić information content (AvgIpc) is 2.76. The number of fused-ring (bicyclic) bond motifs is 5. The van der Waals surface area contributed by atoms with Crippen LogP contribution in [-0.2, 0) is 4.79 Å². The van der Waals surface area contributed by atoms with Crippen LogP contribution in [0.15, 0.2) is 11.6 Å². The van der Waals surface area contributed by atoms with E-state index in [2.05, 4.69) is 26.8 Å². The second-order valence-corrected chi connectivity index (χ2v) is 8.96. The average molecular weight is 286 g/mol. The summed E-state index contributed by atoms with van der Waals surface area (Å²) in [6.07, 6.45) is 12.5. The lowest BCUT2D eigenvalue weighted by Gasteiger charge is -2.57. The Bertz CT molecular complexity index is 504. The van der Waals surface area contributed by atoms with Gasteiger partial charge in [0.1, 0.15) is 5.78 Å². The molecule has 0 aromatic carbocycles.